The number of rotatable bonds is 4. The van der Waals surface area contributed by atoms with Gasteiger partial charge in [-0.2, -0.15) is 0 Å². The predicted octanol–water partition coefficient (Wildman–Crippen LogP) is 5.08. The highest BCUT2D eigenvalue weighted by Gasteiger charge is 2.08. The summed E-state index contributed by atoms with van der Waals surface area (Å²) in [5.74, 6) is 0. The minimum atomic E-state index is 0.878. The van der Waals surface area contributed by atoms with Crippen molar-refractivity contribution in [2.24, 2.45) is 0 Å². The summed E-state index contributed by atoms with van der Waals surface area (Å²) >= 11 is 1.79. The number of nitrogens with zero attached hydrogens (tertiary/aromatic N) is 2. The summed E-state index contributed by atoms with van der Waals surface area (Å²) in [7, 11) is 2.16. The van der Waals surface area contributed by atoms with E-state index >= 15 is 0 Å². The van der Waals surface area contributed by atoms with Gasteiger partial charge in [0, 0.05) is 6.54 Å². The summed E-state index contributed by atoms with van der Waals surface area (Å²) < 4.78 is 1.26. The van der Waals surface area contributed by atoms with Crippen molar-refractivity contribution in [3.63, 3.8) is 0 Å². The second-order valence-corrected chi connectivity index (χ2v) is 7.00. The fourth-order valence-electron chi connectivity index (χ4n) is 3.00. The molecule has 0 aliphatic carbocycles. The number of hydrogen-bond acceptors (Lipinski definition) is 3. The third kappa shape index (κ3) is 2.98. The molecular formula is C20H18N2S. The molecule has 2 nitrogen and oxygen atoms in total. The molecule has 0 fully saturated rings. The first-order chi connectivity index (χ1) is 11.3. The van der Waals surface area contributed by atoms with E-state index < -0.39 is 0 Å². The second-order valence-electron chi connectivity index (χ2n) is 5.89. The molecule has 3 heteroatoms. The number of benzene rings is 3. The molecule has 0 bridgehead atoms. The maximum Gasteiger partial charge on any atom is 0.108 e. The van der Waals surface area contributed by atoms with Gasteiger partial charge in [-0.15, -0.1) is 11.3 Å². The lowest BCUT2D eigenvalue weighted by Gasteiger charge is -2.16. The highest BCUT2D eigenvalue weighted by molar-refractivity contribution is 7.18. The van der Waals surface area contributed by atoms with E-state index in [1.165, 1.54) is 26.0 Å². The molecule has 4 rings (SSSR count). The lowest BCUT2D eigenvalue weighted by Crippen LogP contribution is -2.17. The van der Waals surface area contributed by atoms with E-state index in [-0.39, 0.29) is 0 Å². The van der Waals surface area contributed by atoms with Crippen LogP contribution in [0.1, 0.15) is 10.6 Å². The van der Waals surface area contributed by atoms with E-state index in [4.69, 9.17) is 4.98 Å². The zero-order valence-corrected chi connectivity index (χ0v) is 13.9. The molecule has 0 aliphatic heterocycles. The second kappa shape index (κ2) is 6.11. The lowest BCUT2D eigenvalue weighted by atomic mass is 10.0. The van der Waals surface area contributed by atoms with Gasteiger partial charge >= 0.3 is 0 Å². The van der Waals surface area contributed by atoms with Crippen LogP contribution in [0.4, 0.5) is 0 Å². The van der Waals surface area contributed by atoms with Gasteiger partial charge in [0.05, 0.1) is 16.8 Å². The Labute approximate surface area is 140 Å². The smallest absolute Gasteiger partial charge is 0.108 e. The van der Waals surface area contributed by atoms with E-state index in [0.717, 1.165) is 18.6 Å². The van der Waals surface area contributed by atoms with E-state index in [1.54, 1.807) is 11.3 Å². The SMILES string of the molecule is CN(Cc1nc2ccccc2s1)Cc1cccc2ccccc12. The van der Waals surface area contributed by atoms with Gasteiger partial charge in [-0.3, -0.25) is 4.90 Å². The van der Waals surface area contributed by atoms with Gasteiger partial charge in [0.25, 0.3) is 0 Å². The molecule has 4 aromatic rings. The van der Waals surface area contributed by atoms with Gasteiger partial charge < -0.3 is 0 Å². The number of thiazole rings is 1. The predicted molar refractivity (Wildman–Crippen MR) is 98.7 cm³/mol. The minimum absolute atomic E-state index is 0.878. The topological polar surface area (TPSA) is 16.1 Å². The number of aromatic nitrogens is 1. The van der Waals surface area contributed by atoms with Crippen LogP contribution in [0, 0.1) is 0 Å². The molecule has 0 spiro atoms. The molecule has 0 unspecified atom stereocenters. The monoisotopic (exact) mass is 318 g/mol. The van der Waals surface area contributed by atoms with Crippen LogP contribution in [0.25, 0.3) is 21.0 Å². The average Bonchev–Trinajstić information content (AvgIpc) is 2.97. The maximum atomic E-state index is 4.73. The Morgan fingerprint density at radius 1 is 0.870 bits per heavy atom. The quantitative estimate of drug-likeness (QED) is 0.521. The normalized spacial score (nSPS) is 11.6. The largest absolute Gasteiger partial charge is 0.295 e. The van der Waals surface area contributed by atoms with Crippen LogP contribution in [0.3, 0.4) is 0 Å². The molecule has 1 heterocycles. The Morgan fingerprint density at radius 3 is 2.57 bits per heavy atom. The van der Waals surface area contributed by atoms with Gasteiger partial charge in [-0.05, 0) is 35.5 Å². The van der Waals surface area contributed by atoms with Crippen molar-refractivity contribution in [2.75, 3.05) is 7.05 Å². The molecule has 0 atom stereocenters. The molecule has 0 N–H and O–H groups in total. The van der Waals surface area contributed by atoms with Crippen LogP contribution >= 0.6 is 11.3 Å². The van der Waals surface area contributed by atoms with Crippen LogP contribution in [-0.2, 0) is 13.1 Å². The molecule has 0 radical (unpaired) electrons. The summed E-state index contributed by atoms with van der Waals surface area (Å²) in [6.07, 6.45) is 0. The Hall–Kier alpha value is -2.23. The fourth-order valence-corrected chi connectivity index (χ4v) is 4.04. The third-order valence-electron chi connectivity index (χ3n) is 4.06. The standard InChI is InChI=1S/C20H18N2S/c1-22(14-20-21-18-11-4-5-12-19(18)23-20)13-16-9-6-8-15-7-2-3-10-17(15)16/h2-12H,13-14H2,1H3. The third-order valence-corrected chi connectivity index (χ3v) is 5.08. The number of hydrogen-bond donors (Lipinski definition) is 0. The van der Waals surface area contributed by atoms with Gasteiger partial charge in [0.1, 0.15) is 5.01 Å². The van der Waals surface area contributed by atoms with Crippen LogP contribution in [0.5, 0.6) is 0 Å². The van der Waals surface area contributed by atoms with E-state index in [1.807, 2.05) is 6.07 Å². The van der Waals surface area contributed by atoms with E-state index in [2.05, 4.69) is 72.6 Å². The fraction of sp³-hybridized carbons (Fsp3) is 0.150. The van der Waals surface area contributed by atoms with Gasteiger partial charge in [0.2, 0.25) is 0 Å². The summed E-state index contributed by atoms with van der Waals surface area (Å²) in [4.78, 5) is 7.07. The summed E-state index contributed by atoms with van der Waals surface area (Å²) in [6, 6.07) is 23.5. The van der Waals surface area contributed by atoms with Crippen molar-refractivity contribution >= 4 is 32.3 Å². The molecular weight excluding hydrogens is 300 g/mol. The molecule has 23 heavy (non-hydrogen) atoms. The Kier molecular flexibility index (Phi) is 3.82. The zero-order valence-electron chi connectivity index (χ0n) is 13.1. The van der Waals surface area contributed by atoms with Crippen molar-refractivity contribution in [2.45, 2.75) is 13.1 Å². The van der Waals surface area contributed by atoms with E-state index in [9.17, 15) is 0 Å². The first-order valence-electron chi connectivity index (χ1n) is 7.79. The van der Waals surface area contributed by atoms with Gasteiger partial charge in [-0.1, -0.05) is 54.6 Å². The van der Waals surface area contributed by atoms with Crippen molar-refractivity contribution in [1.29, 1.82) is 0 Å². The van der Waals surface area contributed by atoms with Crippen molar-refractivity contribution in [3.05, 3.63) is 77.3 Å². The number of fused-ring (bicyclic) bond motifs is 2. The van der Waals surface area contributed by atoms with Crippen molar-refractivity contribution < 1.29 is 0 Å². The molecule has 1 aromatic heterocycles. The minimum Gasteiger partial charge on any atom is -0.295 e. The molecule has 114 valence electrons. The summed E-state index contributed by atoms with van der Waals surface area (Å²) in [6.45, 7) is 1.81. The molecule has 0 saturated carbocycles. The Morgan fingerprint density at radius 2 is 1.65 bits per heavy atom. The highest BCUT2D eigenvalue weighted by Crippen LogP contribution is 2.24. The Balaban J connectivity index is 1.56. The zero-order chi connectivity index (χ0) is 15.6. The summed E-state index contributed by atoms with van der Waals surface area (Å²) in [5.41, 5.74) is 2.47. The van der Waals surface area contributed by atoms with Crippen molar-refractivity contribution in [1.82, 2.24) is 9.88 Å². The molecule has 0 amide bonds. The first-order valence-corrected chi connectivity index (χ1v) is 8.61. The first kappa shape index (κ1) is 14.4. The maximum absolute atomic E-state index is 4.73. The highest BCUT2D eigenvalue weighted by atomic mass is 32.1. The van der Waals surface area contributed by atoms with Gasteiger partial charge in [0.15, 0.2) is 0 Å². The molecule has 3 aromatic carbocycles. The summed E-state index contributed by atoms with van der Waals surface area (Å²) in [5, 5.41) is 3.82. The number of para-hydroxylation sites is 1. The lowest BCUT2D eigenvalue weighted by molar-refractivity contribution is 0.320. The van der Waals surface area contributed by atoms with Crippen LogP contribution < -0.4 is 0 Å². The van der Waals surface area contributed by atoms with Crippen LogP contribution in [-0.4, -0.2) is 16.9 Å². The molecule has 0 saturated heterocycles. The van der Waals surface area contributed by atoms with Gasteiger partial charge in [-0.25, -0.2) is 4.98 Å². The van der Waals surface area contributed by atoms with E-state index in [0.29, 0.717) is 0 Å². The Bertz CT molecular complexity index is 920. The van der Waals surface area contributed by atoms with Crippen molar-refractivity contribution in [3.8, 4) is 0 Å². The van der Waals surface area contributed by atoms with Crippen LogP contribution in [0.2, 0.25) is 0 Å². The van der Waals surface area contributed by atoms with Crippen LogP contribution in [0.15, 0.2) is 66.7 Å². The molecule has 0 aliphatic rings. The average molecular weight is 318 g/mol.